The molecule has 0 radical (unpaired) electrons. The Morgan fingerprint density at radius 3 is 1.63 bits per heavy atom. The lowest BCUT2D eigenvalue weighted by Gasteiger charge is -2.30. The lowest BCUT2D eigenvalue weighted by Crippen LogP contribution is -2.43. The average Bonchev–Trinajstić information content (AvgIpc) is 3.84. The highest BCUT2D eigenvalue weighted by Crippen LogP contribution is 2.42. The van der Waals surface area contributed by atoms with E-state index in [0.29, 0.717) is 55.3 Å². The number of nitrogen functional groups attached to an aromatic ring is 1. The second-order valence-electron chi connectivity index (χ2n) is 14.4. The van der Waals surface area contributed by atoms with E-state index in [9.17, 15) is 31.9 Å². The monoisotopic (exact) mass is 936 g/mol. The predicted molar refractivity (Wildman–Crippen MR) is 246 cm³/mol. The van der Waals surface area contributed by atoms with Gasteiger partial charge in [-0.05, 0) is 97.5 Å². The Kier molecular flexibility index (Phi) is 12.8. The van der Waals surface area contributed by atoms with Gasteiger partial charge in [-0.25, -0.2) is 56.9 Å². The molecular weight excluding hydrogens is 901 g/mol. The Hall–Kier alpha value is -7.03. The van der Waals surface area contributed by atoms with Gasteiger partial charge in [0.2, 0.25) is 0 Å². The number of nitrogens with one attached hydrogen (secondary N) is 3. The third-order valence-corrected chi connectivity index (χ3v) is 12.1. The molecule has 330 valence electrons. The van der Waals surface area contributed by atoms with Crippen LogP contribution in [0.2, 0.25) is 0 Å². The number of anilines is 6. The SMILES string of the molecule is CSc1nc(-c2cc(N)ccc2C)c2c(n1)N(c1c(F)cccc1F)C(=O)NC2.CSc1nc(-c2cc(NC(=O)c3ccsc3)ccc2C)c2c(n1)N(c1c(F)cccc1F)C(=O)NC2. The fourth-order valence-electron chi connectivity index (χ4n) is 7.17. The van der Waals surface area contributed by atoms with Crippen LogP contribution in [0.1, 0.15) is 32.6 Å². The topological polar surface area (TPSA) is 171 Å². The van der Waals surface area contributed by atoms with Crippen molar-refractivity contribution in [2.24, 2.45) is 0 Å². The minimum atomic E-state index is -0.891. The number of carbonyl (C=O) groups excluding carboxylic acids is 3. The summed E-state index contributed by atoms with van der Waals surface area (Å²) in [5, 5.41) is 12.5. The number of hydrogen-bond acceptors (Lipinski definition) is 11. The number of urea groups is 2. The minimum Gasteiger partial charge on any atom is -0.399 e. The smallest absolute Gasteiger partial charge is 0.328 e. The summed E-state index contributed by atoms with van der Waals surface area (Å²) in [4.78, 5) is 58.0. The molecule has 0 aliphatic carbocycles. The number of aromatic nitrogens is 4. The summed E-state index contributed by atoms with van der Waals surface area (Å²) in [7, 11) is 0. The van der Waals surface area contributed by atoms with Gasteiger partial charge in [0.15, 0.2) is 21.9 Å². The van der Waals surface area contributed by atoms with Crippen molar-refractivity contribution in [2.45, 2.75) is 37.2 Å². The number of nitrogens with two attached hydrogens (primary N) is 1. The standard InChI is InChI=1S/C25H19F2N5O2S2.C20H17F2N5OS/c1-13-6-7-15(29-23(33)14-8-9-36-12-14)10-16(13)20-17-11-28-25(34)32(22(17)31-24(30-20)35-2)21-18(26)4-3-5-19(21)27;1-10-6-7-11(23)8-12(10)16-13-9-24-20(28)27(18(13)26-19(25-16)29-2)17-14(21)4-3-5-15(17)22/h3-10,12H,11H2,1-2H3,(H,28,34)(H,29,33);3-8H,9,23H2,1-2H3,(H,24,28). The summed E-state index contributed by atoms with van der Waals surface area (Å²) in [5.74, 6) is -3.50. The van der Waals surface area contributed by atoms with Crippen molar-refractivity contribution < 1.29 is 31.9 Å². The van der Waals surface area contributed by atoms with Crippen molar-refractivity contribution in [1.29, 1.82) is 0 Å². The molecule has 65 heavy (non-hydrogen) atoms. The second-order valence-corrected chi connectivity index (χ2v) is 16.7. The Morgan fingerprint density at radius 1 is 0.692 bits per heavy atom. The number of amides is 5. The molecule has 13 nitrogen and oxygen atoms in total. The van der Waals surface area contributed by atoms with Gasteiger partial charge >= 0.3 is 12.1 Å². The Bertz CT molecular complexity index is 2990. The molecule has 0 spiro atoms. The van der Waals surface area contributed by atoms with Crippen LogP contribution in [0.5, 0.6) is 0 Å². The largest absolute Gasteiger partial charge is 0.399 e. The maximum absolute atomic E-state index is 14.7. The van der Waals surface area contributed by atoms with E-state index in [4.69, 9.17) is 5.73 Å². The summed E-state index contributed by atoms with van der Waals surface area (Å²) >= 11 is 3.94. The van der Waals surface area contributed by atoms with E-state index in [1.54, 1.807) is 48.2 Å². The van der Waals surface area contributed by atoms with E-state index in [-0.39, 0.29) is 30.6 Å². The Labute approximate surface area is 381 Å². The number of para-hydroxylation sites is 2. The van der Waals surface area contributed by atoms with Crippen LogP contribution in [0.25, 0.3) is 22.5 Å². The van der Waals surface area contributed by atoms with Crippen LogP contribution in [0.4, 0.5) is 61.5 Å². The van der Waals surface area contributed by atoms with Gasteiger partial charge in [-0.15, -0.1) is 0 Å². The van der Waals surface area contributed by atoms with Gasteiger partial charge in [-0.1, -0.05) is 47.8 Å². The zero-order valence-corrected chi connectivity index (χ0v) is 37.2. The van der Waals surface area contributed by atoms with Crippen LogP contribution in [-0.2, 0) is 13.1 Å². The minimum absolute atomic E-state index is 0.0651. The highest BCUT2D eigenvalue weighted by Gasteiger charge is 2.36. The molecule has 5 amide bonds. The van der Waals surface area contributed by atoms with E-state index in [0.717, 1.165) is 50.8 Å². The molecule has 0 unspecified atom stereocenters. The van der Waals surface area contributed by atoms with Gasteiger partial charge in [0.05, 0.1) is 30.0 Å². The molecule has 0 atom stereocenters. The highest BCUT2D eigenvalue weighted by atomic mass is 32.2. The van der Waals surface area contributed by atoms with E-state index in [1.165, 1.54) is 47.0 Å². The normalized spacial score (nSPS) is 13.0. The number of thiophene rings is 1. The molecule has 9 rings (SSSR count). The quantitative estimate of drug-likeness (QED) is 0.0497. The number of halogens is 4. The van der Waals surface area contributed by atoms with Crippen LogP contribution in [0, 0.1) is 37.1 Å². The average molecular weight is 937 g/mol. The van der Waals surface area contributed by atoms with E-state index in [1.807, 2.05) is 31.4 Å². The van der Waals surface area contributed by atoms with E-state index < -0.39 is 46.7 Å². The number of thioether (sulfide) groups is 2. The third-order valence-electron chi connectivity index (χ3n) is 10.3. The van der Waals surface area contributed by atoms with Crippen LogP contribution >= 0.6 is 34.9 Å². The summed E-state index contributed by atoms with van der Waals surface area (Å²) < 4.78 is 58.4. The molecular formula is C45H36F4N10O3S3. The number of aryl methyl sites for hydroxylation is 2. The molecule has 0 fully saturated rings. The number of hydrogen-bond donors (Lipinski definition) is 4. The number of fused-ring (bicyclic) bond motifs is 2. The maximum atomic E-state index is 14.7. The number of benzene rings is 4. The maximum Gasteiger partial charge on any atom is 0.328 e. The molecule has 2 aliphatic heterocycles. The fraction of sp³-hybridized carbons (Fsp3) is 0.133. The van der Waals surface area contributed by atoms with E-state index in [2.05, 4.69) is 35.9 Å². The summed E-state index contributed by atoms with van der Waals surface area (Å²) in [6, 6.07) is 18.1. The number of nitrogens with zero attached hydrogens (tertiary/aromatic N) is 6. The molecule has 0 bridgehead atoms. The summed E-state index contributed by atoms with van der Waals surface area (Å²) in [6.45, 7) is 4.00. The van der Waals surface area contributed by atoms with Gasteiger partial charge in [-0.2, -0.15) is 11.3 Å². The Morgan fingerprint density at radius 2 is 1.17 bits per heavy atom. The van der Waals surface area contributed by atoms with Crippen molar-refractivity contribution in [1.82, 2.24) is 30.6 Å². The highest BCUT2D eigenvalue weighted by molar-refractivity contribution is 7.98. The van der Waals surface area contributed by atoms with Crippen molar-refractivity contribution in [2.75, 3.05) is 33.4 Å². The molecule has 5 N–H and O–H groups in total. The summed E-state index contributed by atoms with van der Waals surface area (Å²) in [5.41, 5.74) is 12.0. The number of carbonyl (C=O) groups is 3. The van der Waals surface area contributed by atoms with Crippen molar-refractivity contribution >= 4 is 87.2 Å². The van der Waals surface area contributed by atoms with Gasteiger partial charge < -0.3 is 21.7 Å². The summed E-state index contributed by atoms with van der Waals surface area (Å²) in [6.07, 6.45) is 3.56. The first-order valence-electron chi connectivity index (χ1n) is 19.5. The first-order valence-corrected chi connectivity index (χ1v) is 22.9. The van der Waals surface area contributed by atoms with Crippen molar-refractivity contribution in [3.63, 3.8) is 0 Å². The first kappa shape index (κ1) is 44.6. The lowest BCUT2D eigenvalue weighted by molar-refractivity contribution is 0.102. The van der Waals surface area contributed by atoms with Crippen LogP contribution in [0.15, 0.2) is 99.9 Å². The lowest BCUT2D eigenvalue weighted by atomic mass is 9.99. The van der Waals surface area contributed by atoms with Gasteiger partial charge in [-0.3, -0.25) is 4.79 Å². The molecule has 7 aromatic rings. The predicted octanol–water partition coefficient (Wildman–Crippen LogP) is 10.5. The molecule has 20 heteroatoms. The van der Waals surface area contributed by atoms with Crippen LogP contribution in [-0.4, -0.2) is 50.4 Å². The molecule has 0 saturated heterocycles. The zero-order valence-electron chi connectivity index (χ0n) is 34.8. The van der Waals surface area contributed by atoms with Crippen LogP contribution in [0.3, 0.4) is 0 Å². The van der Waals surface area contributed by atoms with Gasteiger partial charge in [0.1, 0.15) is 34.6 Å². The zero-order chi connectivity index (χ0) is 46.1. The molecule has 0 saturated carbocycles. The number of rotatable bonds is 8. The fourth-order valence-corrected chi connectivity index (χ4v) is 8.53. The van der Waals surface area contributed by atoms with Gasteiger partial charge in [0.25, 0.3) is 5.91 Å². The molecule has 5 heterocycles. The van der Waals surface area contributed by atoms with Gasteiger partial charge in [0, 0.05) is 39.0 Å². The first-order chi connectivity index (χ1) is 31.3. The molecule has 2 aliphatic rings. The third kappa shape index (κ3) is 8.79. The molecule has 3 aromatic heterocycles. The van der Waals surface area contributed by atoms with E-state index >= 15 is 0 Å². The van der Waals surface area contributed by atoms with Crippen LogP contribution < -0.4 is 31.5 Å². The molecule has 4 aromatic carbocycles. The second kappa shape index (κ2) is 18.6. The van der Waals surface area contributed by atoms with Crippen molar-refractivity contribution in [3.05, 3.63) is 141 Å². The Balaban J connectivity index is 0.000000181. The van der Waals surface area contributed by atoms with Crippen molar-refractivity contribution in [3.8, 4) is 22.5 Å².